The van der Waals surface area contributed by atoms with Crippen LogP contribution >= 0.6 is 11.6 Å². The van der Waals surface area contributed by atoms with Crippen molar-refractivity contribution in [3.05, 3.63) is 58.6 Å². The molecule has 0 radical (unpaired) electrons. The summed E-state index contributed by atoms with van der Waals surface area (Å²) < 4.78 is 0. The van der Waals surface area contributed by atoms with Gasteiger partial charge >= 0.3 is 0 Å². The smallest absolute Gasteiger partial charge is 0.161 e. The number of nitrogens with zero attached hydrogens (tertiary/aromatic N) is 1. The summed E-state index contributed by atoms with van der Waals surface area (Å²) in [7, 11) is 1.98. The van der Waals surface area contributed by atoms with E-state index in [9.17, 15) is 4.79 Å². The van der Waals surface area contributed by atoms with Gasteiger partial charge in [-0.25, -0.2) is 0 Å². The second-order valence-electron chi connectivity index (χ2n) is 4.61. The normalized spacial score (nSPS) is 10.3. The molecule has 0 saturated heterocycles. The Hall–Kier alpha value is -1.80. The molecule has 0 amide bonds. The van der Waals surface area contributed by atoms with Gasteiger partial charge in [0.25, 0.3) is 0 Å². The van der Waals surface area contributed by atoms with E-state index in [-0.39, 0.29) is 5.78 Å². The summed E-state index contributed by atoms with van der Waals surface area (Å²) in [6, 6.07) is 13.7. The van der Waals surface area contributed by atoms with Crippen LogP contribution in [0.1, 0.15) is 22.8 Å². The van der Waals surface area contributed by atoms with Crippen LogP contribution in [0.3, 0.4) is 0 Å². The molecule has 0 heterocycles. The molecule has 2 nitrogen and oxygen atoms in total. The van der Waals surface area contributed by atoms with E-state index in [4.69, 9.17) is 11.6 Å². The van der Waals surface area contributed by atoms with Crippen molar-refractivity contribution in [1.82, 2.24) is 0 Å². The first-order valence-electron chi connectivity index (χ1n) is 6.10. The number of benzene rings is 2. The molecule has 0 spiro atoms. The number of ketones is 1. The Morgan fingerprint density at radius 3 is 2.16 bits per heavy atom. The maximum Gasteiger partial charge on any atom is 0.161 e. The molecule has 98 valence electrons. The zero-order valence-electron chi connectivity index (χ0n) is 11.3. The van der Waals surface area contributed by atoms with Crippen molar-refractivity contribution in [1.29, 1.82) is 0 Å². The summed E-state index contributed by atoms with van der Waals surface area (Å²) in [5, 5.41) is 0.490. The third kappa shape index (κ3) is 2.96. The highest BCUT2D eigenvalue weighted by Gasteiger charge is 2.09. The van der Waals surface area contributed by atoms with Crippen molar-refractivity contribution < 1.29 is 4.79 Å². The van der Waals surface area contributed by atoms with Crippen molar-refractivity contribution >= 4 is 28.8 Å². The van der Waals surface area contributed by atoms with Crippen LogP contribution in [0.2, 0.25) is 5.02 Å². The monoisotopic (exact) mass is 273 g/mol. The molecule has 2 aromatic carbocycles. The molecule has 0 atom stereocenters. The van der Waals surface area contributed by atoms with Crippen molar-refractivity contribution in [2.24, 2.45) is 0 Å². The van der Waals surface area contributed by atoms with Gasteiger partial charge < -0.3 is 4.90 Å². The molecule has 2 rings (SSSR count). The molecule has 0 N–H and O–H groups in total. The quantitative estimate of drug-likeness (QED) is 0.761. The van der Waals surface area contributed by atoms with E-state index >= 15 is 0 Å². The fourth-order valence-electron chi connectivity index (χ4n) is 1.92. The predicted octanol–water partition coefficient (Wildman–Crippen LogP) is 4.62. The van der Waals surface area contributed by atoms with Gasteiger partial charge in [0.2, 0.25) is 0 Å². The van der Waals surface area contributed by atoms with E-state index in [0.717, 1.165) is 11.4 Å². The highest BCUT2D eigenvalue weighted by atomic mass is 35.5. The Labute approximate surface area is 118 Å². The number of hydrogen-bond donors (Lipinski definition) is 0. The zero-order valence-corrected chi connectivity index (χ0v) is 12.0. The molecule has 19 heavy (non-hydrogen) atoms. The number of rotatable bonds is 3. The van der Waals surface area contributed by atoms with Crippen LogP contribution < -0.4 is 4.90 Å². The maximum atomic E-state index is 11.4. The van der Waals surface area contributed by atoms with Gasteiger partial charge in [-0.05, 0) is 44.2 Å². The van der Waals surface area contributed by atoms with Gasteiger partial charge in [0.1, 0.15) is 0 Å². The van der Waals surface area contributed by atoms with E-state index in [0.29, 0.717) is 10.6 Å². The van der Waals surface area contributed by atoms with E-state index in [1.54, 1.807) is 6.07 Å². The van der Waals surface area contributed by atoms with Crippen LogP contribution in [0.15, 0.2) is 42.5 Å². The second-order valence-corrected chi connectivity index (χ2v) is 5.02. The number of carbonyl (C=O) groups excluding carboxylic acids is 1. The first kappa shape index (κ1) is 13.6. The number of carbonyl (C=O) groups is 1. The third-order valence-electron chi connectivity index (χ3n) is 3.14. The lowest BCUT2D eigenvalue weighted by atomic mass is 10.1. The summed E-state index contributed by atoms with van der Waals surface area (Å²) in [6.07, 6.45) is 0. The van der Waals surface area contributed by atoms with Crippen LogP contribution in [0.5, 0.6) is 0 Å². The summed E-state index contributed by atoms with van der Waals surface area (Å²) in [6.45, 7) is 3.58. The highest BCUT2D eigenvalue weighted by Crippen LogP contribution is 2.28. The molecular weight excluding hydrogens is 258 g/mol. The van der Waals surface area contributed by atoms with E-state index in [1.807, 2.05) is 24.1 Å². The van der Waals surface area contributed by atoms with Gasteiger partial charge in [0, 0.05) is 24.0 Å². The molecule has 0 unspecified atom stereocenters. The Balaban J connectivity index is 2.34. The molecule has 0 aliphatic rings. The van der Waals surface area contributed by atoms with Crippen molar-refractivity contribution in [3.8, 4) is 0 Å². The Bertz CT molecular complexity index is 605. The van der Waals surface area contributed by atoms with E-state index < -0.39 is 0 Å². The fraction of sp³-hybridized carbons (Fsp3) is 0.188. The number of halogens is 1. The van der Waals surface area contributed by atoms with Gasteiger partial charge in [-0.15, -0.1) is 0 Å². The maximum absolute atomic E-state index is 11.4. The van der Waals surface area contributed by atoms with Crippen molar-refractivity contribution in [3.63, 3.8) is 0 Å². The number of hydrogen-bond acceptors (Lipinski definition) is 2. The van der Waals surface area contributed by atoms with Gasteiger partial charge in [-0.1, -0.05) is 29.3 Å². The van der Waals surface area contributed by atoms with Gasteiger partial charge in [0.15, 0.2) is 5.78 Å². The van der Waals surface area contributed by atoms with Crippen molar-refractivity contribution in [2.45, 2.75) is 13.8 Å². The molecule has 0 fully saturated rings. The average Bonchev–Trinajstić information content (AvgIpc) is 2.38. The van der Waals surface area contributed by atoms with Crippen LogP contribution in [-0.2, 0) is 0 Å². The van der Waals surface area contributed by atoms with Gasteiger partial charge in [-0.2, -0.15) is 0 Å². The standard InChI is InChI=1S/C16H16ClNO/c1-11-4-6-13(7-5-11)18(3)14-8-9-15(12(2)19)16(17)10-14/h4-10H,1-3H3. The summed E-state index contributed by atoms with van der Waals surface area (Å²) in [4.78, 5) is 13.4. The van der Waals surface area contributed by atoms with Gasteiger partial charge in [-0.3, -0.25) is 4.79 Å². The molecule has 0 bridgehead atoms. The predicted molar refractivity (Wildman–Crippen MR) is 80.7 cm³/mol. The SMILES string of the molecule is CC(=O)c1ccc(N(C)c2ccc(C)cc2)cc1Cl. The molecule has 3 heteroatoms. The summed E-state index contributed by atoms with van der Waals surface area (Å²) >= 11 is 6.13. The minimum absolute atomic E-state index is 0.0189. The van der Waals surface area contributed by atoms with Crippen molar-refractivity contribution in [2.75, 3.05) is 11.9 Å². The molecule has 0 aliphatic heterocycles. The van der Waals surface area contributed by atoms with Gasteiger partial charge in [0.05, 0.1) is 5.02 Å². The zero-order chi connectivity index (χ0) is 14.0. The summed E-state index contributed by atoms with van der Waals surface area (Å²) in [5.74, 6) is -0.0189. The van der Waals surface area contributed by atoms with Crippen LogP contribution in [-0.4, -0.2) is 12.8 Å². The first-order valence-corrected chi connectivity index (χ1v) is 6.47. The number of Topliss-reactive ketones (excluding diaryl/α,β-unsaturated/α-hetero) is 1. The number of anilines is 2. The lowest BCUT2D eigenvalue weighted by molar-refractivity contribution is 0.101. The Morgan fingerprint density at radius 1 is 1.05 bits per heavy atom. The average molecular weight is 274 g/mol. The minimum atomic E-state index is -0.0189. The summed E-state index contributed by atoms with van der Waals surface area (Å²) in [5.41, 5.74) is 3.82. The van der Waals surface area contributed by atoms with E-state index in [2.05, 4.69) is 31.2 Å². The lowest BCUT2D eigenvalue weighted by Gasteiger charge is -2.20. The molecule has 0 saturated carbocycles. The van der Waals surface area contributed by atoms with E-state index in [1.165, 1.54) is 12.5 Å². The van der Waals surface area contributed by atoms with Crippen LogP contribution in [0.25, 0.3) is 0 Å². The van der Waals surface area contributed by atoms with Crippen LogP contribution in [0, 0.1) is 6.92 Å². The topological polar surface area (TPSA) is 20.3 Å². The van der Waals surface area contributed by atoms with Crippen LogP contribution in [0.4, 0.5) is 11.4 Å². The largest absolute Gasteiger partial charge is 0.345 e. The minimum Gasteiger partial charge on any atom is -0.345 e. The Morgan fingerprint density at radius 2 is 1.63 bits per heavy atom. The number of aryl methyl sites for hydroxylation is 1. The molecule has 2 aromatic rings. The molecule has 0 aromatic heterocycles. The molecular formula is C16H16ClNO. The fourth-order valence-corrected chi connectivity index (χ4v) is 2.22. The molecule has 0 aliphatic carbocycles. The first-order chi connectivity index (χ1) is 8.99. The highest BCUT2D eigenvalue weighted by molar-refractivity contribution is 6.34. The lowest BCUT2D eigenvalue weighted by Crippen LogP contribution is -2.09. The third-order valence-corrected chi connectivity index (χ3v) is 3.45. The second kappa shape index (κ2) is 5.45. The Kier molecular flexibility index (Phi) is 3.91.